The third kappa shape index (κ3) is 4.91. The van der Waals surface area contributed by atoms with Gasteiger partial charge in [0.15, 0.2) is 22.3 Å². The first-order valence-electron chi connectivity index (χ1n) is 10.0. The van der Waals surface area contributed by atoms with Crippen molar-refractivity contribution < 1.29 is 14.3 Å². The van der Waals surface area contributed by atoms with E-state index in [0.717, 1.165) is 41.1 Å². The highest BCUT2D eigenvalue weighted by atomic mass is 32.2. The highest BCUT2D eigenvalue weighted by Gasteiger charge is 2.13. The van der Waals surface area contributed by atoms with Crippen molar-refractivity contribution in [3.63, 3.8) is 0 Å². The molecule has 2 N–H and O–H groups in total. The topological polar surface area (TPSA) is 103 Å². The van der Waals surface area contributed by atoms with Crippen molar-refractivity contribution in [2.24, 2.45) is 0 Å². The first kappa shape index (κ1) is 21.0. The first-order valence-corrected chi connectivity index (χ1v) is 11.3. The fraction of sp³-hybridized carbons (Fsp3) is 0.333. The molecule has 10 heteroatoms. The molecule has 1 aromatic carbocycles. The summed E-state index contributed by atoms with van der Waals surface area (Å²) in [7, 11) is 0. The fourth-order valence-corrected chi connectivity index (χ4v) is 3.46. The van der Waals surface area contributed by atoms with Crippen molar-refractivity contribution in [2.45, 2.75) is 25.0 Å². The fourth-order valence-electron chi connectivity index (χ4n) is 3.10. The molecule has 1 aliphatic heterocycles. The molecule has 162 valence electrons. The molecule has 0 atom stereocenters. The minimum absolute atomic E-state index is 0.182. The first-order chi connectivity index (χ1) is 15.2. The van der Waals surface area contributed by atoms with Gasteiger partial charge in [0.25, 0.3) is 0 Å². The second-order valence-corrected chi connectivity index (χ2v) is 7.60. The average Bonchev–Trinajstić information content (AvgIpc) is 3.42. The summed E-state index contributed by atoms with van der Waals surface area (Å²) in [6.45, 7) is 4.10. The van der Waals surface area contributed by atoms with E-state index in [2.05, 4.69) is 32.6 Å². The summed E-state index contributed by atoms with van der Waals surface area (Å²) in [5.74, 6) is 2.01. The number of ether oxygens (including phenoxy) is 2. The summed E-state index contributed by atoms with van der Waals surface area (Å²) in [4.78, 5) is 21.3. The number of carbonyl (C=O) groups excluding carboxylic acids is 1. The van der Waals surface area contributed by atoms with Crippen molar-refractivity contribution in [2.75, 3.05) is 31.5 Å². The third-order valence-electron chi connectivity index (χ3n) is 4.65. The van der Waals surface area contributed by atoms with Crippen LogP contribution in [0.5, 0.6) is 11.5 Å². The second kappa shape index (κ2) is 9.69. The van der Waals surface area contributed by atoms with Crippen LogP contribution in [0.3, 0.4) is 0 Å². The summed E-state index contributed by atoms with van der Waals surface area (Å²) in [5.41, 5.74) is 1.62. The Morgan fingerprint density at radius 3 is 2.97 bits per heavy atom. The molecule has 1 aliphatic rings. The van der Waals surface area contributed by atoms with Crippen molar-refractivity contribution in [1.82, 2.24) is 25.1 Å². The van der Waals surface area contributed by atoms with E-state index in [4.69, 9.17) is 9.47 Å². The van der Waals surface area contributed by atoms with Crippen molar-refractivity contribution >= 4 is 40.6 Å². The van der Waals surface area contributed by atoms with Crippen LogP contribution in [0.15, 0.2) is 35.6 Å². The summed E-state index contributed by atoms with van der Waals surface area (Å²) in [5, 5.41) is 12.2. The lowest BCUT2D eigenvalue weighted by Crippen LogP contribution is -2.25. The Hall–Kier alpha value is -3.27. The molecule has 3 aromatic rings. The maximum atomic E-state index is 12.2. The van der Waals surface area contributed by atoms with E-state index in [-0.39, 0.29) is 12.7 Å². The molecule has 1 amide bonds. The Morgan fingerprint density at radius 2 is 2.13 bits per heavy atom. The Labute approximate surface area is 184 Å². The average molecular weight is 441 g/mol. The number of carbonyl (C=O) groups is 1. The third-order valence-corrected chi connectivity index (χ3v) is 5.20. The molecule has 0 unspecified atom stereocenters. The van der Waals surface area contributed by atoms with Crippen molar-refractivity contribution in [3.8, 4) is 11.5 Å². The molecule has 0 spiro atoms. The number of rotatable bonds is 9. The van der Waals surface area contributed by atoms with Crippen LogP contribution in [-0.4, -0.2) is 51.8 Å². The molecule has 2 aromatic heterocycles. The number of amides is 1. The van der Waals surface area contributed by atoms with E-state index in [1.165, 1.54) is 17.8 Å². The lowest BCUT2D eigenvalue weighted by atomic mass is 10.2. The Kier molecular flexibility index (Phi) is 6.56. The minimum atomic E-state index is -0.182. The standard InChI is InChI=1S/C21H24N6O3S/c1-3-8-23-19-15-12-24-27(20(15)26-21(25-19)31-2)10-9-22-18(28)7-5-14-4-6-16-17(11-14)30-13-29-16/h4-7,11-12H,3,8-10,13H2,1-2H3,(H,22,28)(H,23,25,26). The highest BCUT2D eigenvalue weighted by Crippen LogP contribution is 2.32. The molecule has 0 bridgehead atoms. The van der Waals surface area contributed by atoms with Gasteiger partial charge in [-0.1, -0.05) is 24.8 Å². The van der Waals surface area contributed by atoms with E-state index in [1.807, 2.05) is 24.5 Å². The van der Waals surface area contributed by atoms with Gasteiger partial charge in [0.05, 0.1) is 18.1 Å². The normalized spacial score (nSPS) is 12.6. The molecular formula is C21H24N6O3S. The van der Waals surface area contributed by atoms with Crippen LogP contribution >= 0.6 is 11.8 Å². The Morgan fingerprint density at radius 1 is 1.26 bits per heavy atom. The monoisotopic (exact) mass is 440 g/mol. The zero-order valence-corrected chi connectivity index (χ0v) is 18.2. The lowest BCUT2D eigenvalue weighted by molar-refractivity contribution is -0.116. The van der Waals surface area contributed by atoms with Gasteiger partial charge in [-0.3, -0.25) is 4.79 Å². The maximum absolute atomic E-state index is 12.2. The Balaban J connectivity index is 1.37. The van der Waals surface area contributed by atoms with E-state index in [0.29, 0.717) is 24.0 Å². The molecule has 31 heavy (non-hydrogen) atoms. The van der Waals surface area contributed by atoms with Crippen LogP contribution in [0.25, 0.3) is 17.1 Å². The largest absolute Gasteiger partial charge is 0.454 e. The molecule has 0 fully saturated rings. The molecule has 0 saturated heterocycles. The zero-order valence-electron chi connectivity index (χ0n) is 17.4. The van der Waals surface area contributed by atoms with Gasteiger partial charge >= 0.3 is 0 Å². The highest BCUT2D eigenvalue weighted by molar-refractivity contribution is 7.98. The molecule has 9 nitrogen and oxygen atoms in total. The van der Waals surface area contributed by atoms with Crippen molar-refractivity contribution in [1.29, 1.82) is 0 Å². The van der Waals surface area contributed by atoms with Crippen LogP contribution in [0.4, 0.5) is 5.82 Å². The number of hydrogen-bond acceptors (Lipinski definition) is 8. The quantitative estimate of drug-likeness (QED) is 0.297. The Bertz CT molecular complexity index is 1110. The summed E-state index contributed by atoms with van der Waals surface area (Å²) in [6, 6.07) is 5.55. The van der Waals surface area contributed by atoms with E-state index in [9.17, 15) is 4.79 Å². The number of hydrogen-bond donors (Lipinski definition) is 2. The maximum Gasteiger partial charge on any atom is 0.244 e. The number of nitrogens with one attached hydrogen (secondary N) is 2. The number of aromatic nitrogens is 4. The number of thioether (sulfide) groups is 1. The second-order valence-electron chi connectivity index (χ2n) is 6.83. The predicted octanol–water partition coefficient (Wildman–Crippen LogP) is 2.93. The minimum Gasteiger partial charge on any atom is -0.454 e. The van der Waals surface area contributed by atoms with Crippen molar-refractivity contribution in [3.05, 3.63) is 36.0 Å². The van der Waals surface area contributed by atoms with E-state index >= 15 is 0 Å². The van der Waals surface area contributed by atoms with Crippen LogP contribution < -0.4 is 20.1 Å². The van der Waals surface area contributed by atoms with Crippen LogP contribution in [0.1, 0.15) is 18.9 Å². The molecule has 0 aliphatic carbocycles. The van der Waals surface area contributed by atoms with Crippen LogP contribution in [-0.2, 0) is 11.3 Å². The molecular weight excluding hydrogens is 416 g/mol. The summed E-state index contributed by atoms with van der Waals surface area (Å²) in [6.07, 6.45) is 7.95. The van der Waals surface area contributed by atoms with Gasteiger partial charge in [-0.05, 0) is 36.4 Å². The number of fused-ring (bicyclic) bond motifs is 2. The van der Waals surface area contributed by atoms with Gasteiger partial charge in [0.2, 0.25) is 12.7 Å². The smallest absolute Gasteiger partial charge is 0.244 e. The SMILES string of the molecule is CCCNc1nc(SC)nc2c1cnn2CCNC(=O)C=Cc1ccc2c(c1)OCO2. The predicted molar refractivity (Wildman–Crippen MR) is 120 cm³/mol. The van der Waals surface area contributed by atoms with Crippen LogP contribution in [0, 0.1) is 0 Å². The molecule has 0 radical (unpaired) electrons. The zero-order chi connectivity index (χ0) is 21.6. The molecule has 3 heterocycles. The van der Waals surface area contributed by atoms with Gasteiger partial charge in [0, 0.05) is 19.2 Å². The van der Waals surface area contributed by atoms with Gasteiger partial charge in [-0.25, -0.2) is 14.6 Å². The van der Waals surface area contributed by atoms with E-state index in [1.54, 1.807) is 17.0 Å². The number of benzene rings is 1. The summed E-state index contributed by atoms with van der Waals surface area (Å²) >= 11 is 1.48. The van der Waals surface area contributed by atoms with Crippen LogP contribution in [0.2, 0.25) is 0 Å². The molecule has 4 rings (SSSR count). The van der Waals surface area contributed by atoms with Gasteiger partial charge < -0.3 is 20.1 Å². The van der Waals surface area contributed by atoms with Gasteiger partial charge in [-0.2, -0.15) is 5.10 Å². The van der Waals surface area contributed by atoms with Gasteiger partial charge in [-0.15, -0.1) is 0 Å². The number of anilines is 1. The van der Waals surface area contributed by atoms with Gasteiger partial charge in [0.1, 0.15) is 5.82 Å². The molecule has 0 saturated carbocycles. The lowest BCUT2D eigenvalue weighted by Gasteiger charge is -2.08. The van der Waals surface area contributed by atoms with E-state index < -0.39 is 0 Å². The summed E-state index contributed by atoms with van der Waals surface area (Å²) < 4.78 is 12.4. The number of nitrogens with zero attached hydrogens (tertiary/aromatic N) is 4.